The molecule has 0 amide bonds. The average molecular weight is 504 g/mol. The molecule has 1 aliphatic heterocycles. The van der Waals surface area contributed by atoms with E-state index < -0.39 is 11.6 Å². The van der Waals surface area contributed by atoms with Gasteiger partial charge < -0.3 is 9.84 Å². The Kier molecular flexibility index (Phi) is 7.01. The van der Waals surface area contributed by atoms with Gasteiger partial charge in [0.05, 0.1) is 5.57 Å². The second kappa shape index (κ2) is 10.2. The van der Waals surface area contributed by atoms with Crippen molar-refractivity contribution in [3.8, 4) is 0 Å². The molecule has 37 heavy (non-hydrogen) atoms. The fourth-order valence-electron chi connectivity index (χ4n) is 6.33. The molecule has 196 valence electrons. The smallest absolute Gasteiger partial charge is 0.338 e. The van der Waals surface area contributed by atoms with E-state index in [1.807, 2.05) is 26.1 Å². The van der Waals surface area contributed by atoms with Crippen LogP contribution >= 0.6 is 0 Å². The quantitative estimate of drug-likeness (QED) is 0.425. The molecule has 0 saturated heterocycles. The molecular formula is C29H37N5O3. The number of pyridine rings is 1. The van der Waals surface area contributed by atoms with E-state index in [2.05, 4.69) is 40.0 Å². The van der Waals surface area contributed by atoms with Gasteiger partial charge in [-0.05, 0) is 81.5 Å². The molecule has 1 saturated carbocycles. The van der Waals surface area contributed by atoms with Crippen LogP contribution in [0.4, 0.5) is 0 Å². The van der Waals surface area contributed by atoms with Gasteiger partial charge in [0, 0.05) is 36.1 Å². The van der Waals surface area contributed by atoms with Crippen molar-refractivity contribution in [3.63, 3.8) is 0 Å². The monoisotopic (exact) mass is 503 g/mol. The van der Waals surface area contributed by atoms with E-state index >= 15 is 0 Å². The van der Waals surface area contributed by atoms with Crippen LogP contribution in [0.25, 0.3) is 5.78 Å². The highest BCUT2D eigenvalue weighted by Gasteiger charge is 2.48. The second-order valence-corrected chi connectivity index (χ2v) is 10.6. The molecule has 5 rings (SSSR count). The lowest BCUT2D eigenvalue weighted by atomic mass is 9.76. The maximum atomic E-state index is 13.4. The Morgan fingerprint density at radius 1 is 1.16 bits per heavy atom. The van der Waals surface area contributed by atoms with Gasteiger partial charge in [-0.1, -0.05) is 26.7 Å². The van der Waals surface area contributed by atoms with Crippen molar-refractivity contribution in [1.82, 2.24) is 24.6 Å². The summed E-state index contributed by atoms with van der Waals surface area (Å²) in [7, 11) is 0. The molecule has 2 aliphatic rings. The zero-order valence-corrected chi connectivity index (χ0v) is 22.4. The number of aliphatic hydroxyl groups excluding tert-OH is 1. The summed E-state index contributed by atoms with van der Waals surface area (Å²) in [5.74, 6) is 0.857. The maximum absolute atomic E-state index is 13.4. The second-order valence-electron chi connectivity index (χ2n) is 10.6. The lowest BCUT2D eigenvalue weighted by Gasteiger charge is -2.42. The molecule has 0 aromatic carbocycles. The van der Waals surface area contributed by atoms with Crippen LogP contribution in [0, 0.1) is 19.8 Å². The molecule has 1 atom stereocenters. The predicted molar refractivity (Wildman–Crippen MR) is 140 cm³/mol. The van der Waals surface area contributed by atoms with Crippen molar-refractivity contribution in [2.24, 2.45) is 5.92 Å². The highest BCUT2D eigenvalue weighted by atomic mass is 16.6. The molecule has 4 heterocycles. The number of fused-ring (bicyclic) bond motifs is 1. The number of carbonyl (C=O) groups is 1. The Bertz CT molecular complexity index is 1360. The molecule has 1 fully saturated rings. The molecule has 0 radical (unpaired) electrons. The molecule has 3 aromatic rings. The first-order chi connectivity index (χ1) is 17.8. The molecular weight excluding hydrogens is 466 g/mol. The predicted octanol–water partition coefficient (Wildman–Crippen LogP) is 5.12. The van der Waals surface area contributed by atoms with Crippen LogP contribution in [0.5, 0.6) is 0 Å². The van der Waals surface area contributed by atoms with Crippen molar-refractivity contribution >= 4 is 11.7 Å². The number of esters is 1. The lowest BCUT2D eigenvalue weighted by molar-refractivity contribution is -0.167. The Hall–Kier alpha value is -3.29. The largest absolute Gasteiger partial charge is 0.512 e. The third kappa shape index (κ3) is 4.86. The molecule has 3 aromatic heterocycles. The number of hydrogen-bond donors (Lipinski definition) is 1. The number of aliphatic hydroxyl groups is 1. The van der Waals surface area contributed by atoms with Crippen molar-refractivity contribution in [2.75, 3.05) is 0 Å². The first kappa shape index (κ1) is 25.4. The van der Waals surface area contributed by atoms with Gasteiger partial charge in [0.25, 0.3) is 5.78 Å². The third-order valence-electron chi connectivity index (χ3n) is 8.20. The van der Waals surface area contributed by atoms with E-state index in [9.17, 15) is 9.90 Å². The van der Waals surface area contributed by atoms with Crippen molar-refractivity contribution < 1.29 is 14.6 Å². The Balaban J connectivity index is 1.42. The Labute approximate surface area is 218 Å². The van der Waals surface area contributed by atoms with E-state index in [0.29, 0.717) is 24.4 Å². The van der Waals surface area contributed by atoms with Crippen LogP contribution in [0.1, 0.15) is 86.4 Å². The third-order valence-corrected chi connectivity index (χ3v) is 8.20. The minimum atomic E-state index is -0.691. The average Bonchev–Trinajstić information content (AvgIpc) is 3.55. The van der Waals surface area contributed by atoms with E-state index in [4.69, 9.17) is 4.74 Å². The number of aromatic nitrogens is 5. The zero-order valence-electron chi connectivity index (χ0n) is 22.4. The van der Waals surface area contributed by atoms with Gasteiger partial charge in [-0.15, -0.1) is 5.10 Å². The molecule has 1 unspecified atom stereocenters. The summed E-state index contributed by atoms with van der Waals surface area (Å²) in [6.07, 6.45) is 9.97. The minimum Gasteiger partial charge on any atom is -0.512 e. The number of nitrogens with zero attached hydrogens (tertiary/aromatic N) is 5. The van der Waals surface area contributed by atoms with E-state index in [1.54, 1.807) is 4.52 Å². The van der Waals surface area contributed by atoms with Gasteiger partial charge in [0.1, 0.15) is 11.4 Å². The number of hydrogen-bond acceptors (Lipinski definition) is 7. The Morgan fingerprint density at radius 3 is 2.65 bits per heavy atom. The number of rotatable bonds is 8. The van der Waals surface area contributed by atoms with Crippen molar-refractivity contribution in [2.45, 2.75) is 97.5 Å². The Morgan fingerprint density at radius 2 is 1.95 bits per heavy atom. The first-order valence-electron chi connectivity index (χ1n) is 13.6. The molecule has 8 heteroatoms. The standard InChI is InChI=1S/C29H37N5O3/c1-5-22-20(12-14-30-24(22)6-2)11-13-29(21-9-7-8-10-21)17-25(35)23(27(36)37-29)16-26-32-28-31-18(3)15-19(4)34(28)33-26/h12,14-15,21,35H,5-11,13,16-17H2,1-4H3. The van der Waals surface area contributed by atoms with Crippen LogP contribution < -0.4 is 0 Å². The number of carbonyl (C=O) groups excluding carboxylic acids is 1. The zero-order chi connectivity index (χ0) is 26.2. The summed E-state index contributed by atoms with van der Waals surface area (Å²) in [4.78, 5) is 26.9. The minimum absolute atomic E-state index is 0.113. The van der Waals surface area contributed by atoms with E-state index in [1.165, 1.54) is 11.1 Å². The van der Waals surface area contributed by atoms with E-state index in [-0.39, 0.29) is 23.7 Å². The molecule has 1 aliphatic carbocycles. The van der Waals surface area contributed by atoms with Gasteiger partial charge in [-0.3, -0.25) is 4.98 Å². The van der Waals surface area contributed by atoms with Crippen LogP contribution in [0.15, 0.2) is 29.7 Å². The molecule has 1 N–H and O–H groups in total. The summed E-state index contributed by atoms with van der Waals surface area (Å²) >= 11 is 0. The topological polar surface area (TPSA) is 103 Å². The fraction of sp³-hybridized carbons (Fsp3) is 0.552. The van der Waals surface area contributed by atoms with Crippen molar-refractivity contribution in [1.29, 1.82) is 0 Å². The van der Waals surface area contributed by atoms with Crippen LogP contribution in [0.3, 0.4) is 0 Å². The number of aryl methyl sites for hydroxylation is 4. The normalized spacial score (nSPS) is 20.7. The molecule has 0 bridgehead atoms. The molecule has 0 spiro atoms. The van der Waals surface area contributed by atoms with Crippen LogP contribution in [-0.4, -0.2) is 41.2 Å². The van der Waals surface area contributed by atoms with Gasteiger partial charge in [-0.25, -0.2) is 14.3 Å². The summed E-state index contributed by atoms with van der Waals surface area (Å²) in [6, 6.07) is 4.03. The number of ether oxygens (including phenoxy) is 1. The first-order valence-corrected chi connectivity index (χ1v) is 13.6. The van der Waals surface area contributed by atoms with Gasteiger partial charge in [-0.2, -0.15) is 4.98 Å². The summed E-state index contributed by atoms with van der Waals surface area (Å²) in [6.45, 7) is 8.15. The van der Waals surface area contributed by atoms with Gasteiger partial charge in [0.15, 0.2) is 5.82 Å². The fourth-order valence-corrected chi connectivity index (χ4v) is 6.33. The molecule has 8 nitrogen and oxygen atoms in total. The highest BCUT2D eigenvalue weighted by Crippen LogP contribution is 2.46. The van der Waals surface area contributed by atoms with E-state index in [0.717, 1.165) is 62.0 Å². The van der Waals surface area contributed by atoms with Crippen molar-refractivity contribution in [3.05, 3.63) is 63.7 Å². The van der Waals surface area contributed by atoms with Gasteiger partial charge >= 0.3 is 5.97 Å². The SMILES string of the molecule is CCc1nccc(CCC2(C3CCCC3)CC(O)=C(Cc3nc4nc(C)cc(C)n4n3)C(=O)O2)c1CC. The highest BCUT2D eigenvalue weighted by molar-refractivity contribution is 5.90. The summed E-state index contributed by atoms with van der Waals surface area (Å²) in [5.41, 5.74) is 5.04. The van der Waals surface area contributed by atoms with Crippen LogP contribution in [0.2, 0.25) is 0 Å². The lowest BCUT2D eigenvalue weighted by Crippen LogP contribution is -2.46. The summed E-state index contributed by atoms with van der Waals surface area (Å²) < 4.78 is 8.00. The van der Waals surface area contributed by atoms with Crippen LogP contribution in [-0.2, 0) is 35.2 Å². The summed E-state index contributed by atoms with van der Waals surface area (Å²) in [5, 5.41) is 15.8. The number of cyclic esters (lactones) is 1. The maximum Gasteiger partial charge on any atom is 0.338 e. The van der Waals surface area contributed by atoms with Gasteiger partial charge in [0.2, 0.25) is 0 Å².